The van der Waals surface area contributed by atoms with Crippen LogP contribution in [-0.4, -0.2) is 11.2 Å². The van der Waals surface area contributed by atoms with Crippen LogP contribution in [0, 0.1) is 12.3 Å². The second-order valence-corrected chi connectivity index (χ2v) is 2.71. The summed E-state index contributed by atoms with van der Waals surface area (Å²) >= 11 is 0. The molecule has 1 unspecified atom stereocenters. The molecule has 0 radical (unpaired) electrons. The first-order valence-corrected chi connectivity index (χ1v) is 3.60. The third-order valence-corrected chi connectivity index (χ3v) is 2.05. The summed E-state index contributed by atoms with van der Waals surface area (Å²) in [5.74, 6) is 2.60. The topological polar surface area (TPSA) is 20.2 Å². The van der Waals surface area contributed by atoms with Crippen LogP contribution in [0.2, 0.25) is 0 Å². The summed E-state index contributed by atoms with van der Waals surface area (Å²) < 4.78 is 0. The third kappa shape index (κ3) is 1.22. The van der Waals surface area contributed by atoms with Gasteiger partial charge in [-0.15, -0.1) is 6.42 Å². The minimum atomic E-state index is -0.278. The van der Waals surface area contributed by atoms with E-state index in [1.54, 1.807) is 0 Å². The van der Waals surface area contributed by atoms with Crippen LogP contribution in [0.3, 0.4) is 0 Å². The SMILES string of the molecule is C#CC1=C(C)C(O)CCC1. The molecule has 0 spiro atoms. The first kappa shape index (κ1) is 7.37. The number of terminal acetylenes is 1. The lowest BCUT2D eigenvalue weighted by Crippen LogP contribution is -2.14. The van der Waals surface area contributed by atoms with Gasteiger partial charge in [0.05, 0.1) is 6.10 Å². The zero-order chi connectivity index (χ0) is 7.56. The molecule has 1 aliphatic carbocycles. The number of allylic oxidation sites excluding steroid dienone is 1. The Hall–Kier alpha value is -0.740. The molecule has 0 saturated carbocycles. The molecule has 0 aromatic heterocycles. The van der Waals surface area contributed by atoms with Crippen molar-refractivity contribution in [1.29, 1.82) is 0 Å². The molecule has 1 heteroatoms. The Balaban J connectivity index is 2.85. The third-order valence-electron chi connectivity index (χ3n) is 2.05. The standard InChI is InChI=1S/C9H12O/c1-3-8-5-4-6-9(10)7(8)2/h1,9-10H,4-6H2,2H3. The lowest BCUT2D eigenvalue weighted by molar-refractivity contribution is 0.190. The van der Waals surface area contributed by atoms with Crippen molar-refractivity contribution in [2.24, 2.45) is 0 Å². The van der Waals surface area contributed by atoms with Gasteiger partial charge < -0.3 is 5.11 Å². The summed E-state index contributed by atoms with van der Waals surface area (Å²) in [6, 6.07) is 0. The minimum Gasteiger partial charge on any atom is -0.389 e. The Labute approximate surface area is 61.8 Å². The Bertz CT molecular complexity index is 195. The van der Waals surface area contributed by atoms with E-state index in [1.807, 2.05) is 6.92 Å². The Morgan fingerprint density at radius 2 is 2.40 bits per heavy atom. The molecule has 0 saturated heterocycles. The molecule has 0 bridgehead atoms. The number of aliphatic hydroxyl groups is 1. The molecule has 1 atom stereocenters. The quantitative estimate of drug-likeness (QED) is 0.500. The highest BCUT2D eigenvalue weighted by atomic mass is 16.3. The van der Waals surface area contributed by atoms with E-state index in [1.165, 1.54) is 0 Å². The van der Waals surface area contributed by atoms with E-state index in [9.17, 15) is 5.11 Å². The van der Waals surface area contributed by atoms with E-state index in [0.717, 1.165) is 30.4 Å². The average molecular weight is 136 g/mol. The van der Waals surface area contributed by atoms with Gasteiger partial charge >= 0.3 is 0 Å². The van der Waals surface area contributed by atoms with Gasteiger partial charge in [0.15, 0.2) is 0 Å². The maximum atomic E-state index is 9.33. The van der Waals surface area contributed by atoms with Crippen LogP contribution in [0.4, 0.5) is 0 Å². The van der Waals surface area contributed by atoms with Gasteiger partial charge in [0, 0.05) is 5.57 Å². The molecule has 0 aromatic carbocycles. The Kier molecular flexibility index (Phi) is 2.13. The zero-order valence-electron chi connectivity index (χ0n) is 6.22. The van der Waals surface area contributed by atoms with E-state index < -0.39 is 0 Å². The van der Waals surface area contributed by atoms with Crippen molar-refractivity contribution < 1.29 is 5.11 Å². The summed E-state index contributed by atoms with van der Waals surface area (Å²) in [4.78, 5) is 0. The maximum absolute atomic E-state index is 9.33. The van der Waals surface area contributed by atoms with E-state index >= 15 is 0 Å². The van der Waals surface area contributed by atoms with Crippen LogP contribution >= 0.6 is 0 Å². The summed E-state index contributed by atoms with van der Waals surface area (Å²) in [5, 5.41) is 9.33. The zero-order valence-corrected chi connectivity index (χ0v) is 6.22. The molecule has 1 nitrogen and oxygen atoms in total. The highest BCUT2D eigenvalue weighted by Gasteiger charge is 2.15. The van der Waals surface area contributed by atoms with Crippen LogP contribution in [0.15, 0.2) is 11.1 Å². The van der Waals surface area contributed by atoms with E-state index in [4.69, 9.17) is 6.42 Å². The van der Waals surface area contributed by atoms with Gasteiger partial charge in [-0.05, 0) is 31.8 Å². The van der Waals surface area contributed by atoms with Crippen molar-refractivity contribution >= 4 is 0 Å². The summed E-state index contributed by atoms with van der Waals surface area (Å²) in [7, 11) is 0. The maximum Gasteiger partial charge on any atom is 0.0759 e. The predicted octanol–water partition coefficient (Wildman–Crippen LogP) is 1.48. The van der Waals surface area contributed by atoms with Gasteiger partial charge in [0.25, 0.3) is 0 Å². The lowest BCUT2D eigenvalue weighted by atomic mass is 9.91. The molecule has 1 N–H and O–H groups in total. The van der Waals surface area contributed by atoms with Crippen LogP contribution in [0.25, 0.3) is 0 Å². The molecular weight excluding hydrogens is 124 g/mol. The van der Waals surface area contributed by atoms with Gasteiger partial charge in [0.1, 0.15) is 0 Å². The predicted molar refractivity (Wildman–Crippen MR) is 41.4 cm³/mol. The van der Waals surface area contributed by atoms with Crippen LogP contribution in [0.1, 0.15) is 26.2 Å². The first-order chi connectivity index (χ1) is 4.75. The molecule has 0 aliphatic heterocycles. The normalized spacial score (nSPS) is 26.3. The first-order valence-electron chi connectivity index (χ1n) is 3.60. The van der Waals surface area contributed by atoms with Crippen molar-refractivity contribution in [3.05, 3.63) is 11.1 Å². The lowest BCUT2D eigenvalue weighted by Gasteiger charge is -2.18. The average Bonchev–Trinajstić information content (AvgIpc) is 1.95. The molecule has 0 heterocycles. The van der Waals surface area contributed by atoms with E-state index in [-0.39, 0.29) is 6.10 Å². The number of rotatable bonds is 0. The van der Waals surface area contributed by atoms with Gasteiger partial charge in [-0.2, -0.15) is 0 Å². The summed E-state index contributed by atoms with van der Waals surface area (Å²) in [6.07, 6.45) is 7.83. The van der Waals surface area contributed by atoms with Gasteiger partial charge in [-0.3, -0.25) is 0 Å². The summed E-state index contributed by atoms with van der Waals surface area (Å²) in [5.41, 5.74) is 1.99. The van der Waals surface area contributed by atoms with Crippen molar-refractivity contribution in [2.75, 3.05) is 0 Å². The molecule has 54 valence electrons. The van der Waals surface area contributed by atoms with Crippen molar-refractivity contribution in [2.45, 2.75) is 32.3 Å². The van der Waals surface area contributed by atoms with Gasteiger partial charge in [-0.25, -0.2) is 0 Å². The van der Waals surface area contributed by atoms with Crippen molar-refractivity contribution in [1.82, 2.24) is 0 Å². The van der Waals surface area contributed by atoms with Gasteiger partial charge in [0.2, 0.25) is 0 Å². The Morgan fingerprint density at radius 3 is 2.90 bits per heavy atom. The van der Waals surface area contributed by atoms with Crippen molar-refractivity contribution in [3.63, 3.8) is 0 Å². The molecule has 10 heavy (non-hydrogen) atoms. The fraction of sp³-hybridized carbons (Fsp3) is 0.556. The highest BCUT2D eigenvalue weighted by Crippen LogP contribution is 2.23. The van der Waals surface area contributed by atoms with Gasteiger partial charge in [-0.1, -0.05) is 5.92 Å². The van der Waals surface area contributed by atoms with Crippen LogP contribution < -0.4 is 0 Å². The van der Waals surface area contributed by atoms with Crippen LogP contribution in [-0.2, 0) is 0 Å². The highest BCUT2D eigenvalue weighted by molar-refractivity contribution is 5.33. The fourth-order valence-corrected chi connectivity index (χ4v) is 1.27. The Morgan fingerprint density at radius 1 is 1.70 bits per heavy atom. The molecule has 0 aromatic rings. The largest absolute Gasteiger partial charge is 0.389 e. The monoisotopic (exact) mass is 136 g/mol. The van der Waals surface area contributed by atoms with E-state index in [0.29, 0.717) is 0 Å². The number of hydrogen-bond acceptors (Lipinski definition) is 1. The summed E-state index contributed by atoms with van der Waals surface area (Å²) in [6.45, 7) is 1.92. The fourth-order valence-electron chi connectivity index (χ4n) is 1.27. The molecule has 0 fully saturated rings. The second kappa shape index (κ2) is 2.90. The second-order valence-electron chi connectivity index (χ2n) is 2.71. The number of aliphatic hydroxyl groups excluding tert-OH is 1. The molecule has 0 amide bonds. The van der Waals surface area contributed by atoms with E-state index in [2.05, 4.69) is 5.92 Å². The van der Waals surface area contributed by atoms with Crippen molar-refractivity contribution in [3.8, 4) is 12.3 Å². The van der Waals surface area contributed by atoms with Crippen LogP contribution in [0.5, 0.6) is 0 Å². The smallest absolute Gasteiger partial charge is 0.0759 e. The minimum absolute atomic E-state index is 0.278. The molecular formula is C9H12O. The molecule has 1 rings (SSSR count). The molecule has 1 aliphatic rings. The number of hydrogen-bond donors (Lipinski definition) is 1.